The molecule has 0 fully saturated rings. The summed E-state index contributed by atoms with van der Waals surface area (Å²) in [5.74, 6) is -0.918. The van der Waals surface area contributed by atoms with Gasteiger partial charge in [0.1, 0.15) is 0 Å². The molecule has 2 rings (SSSR count). The van der Waals surface area contributed by atoms with Crippen LogP contribution in [0.3, 0.4) is 0 Å². The van der Waals surface area contributed by atoms with Crippen LogP contribution in [0.25, 0.3) is 0 Å². The number of hydrogen-bond donors (Lipinski definition) is 2. The molecule has 0 bridgehead atoms. The summed E-state index contributed by atoms with van der Waals surface area (Å²) >= 11 is 9.26. The molecule has 0 aliphatic carbocycles. The van der Waals surface area contributed by atoms with E-state index >= 15 is 0 Å². The molecule has 0 saturated carbocycles. The van der Waals surface area contributed by atoms with Crippen molar-refractivity contribution in [1.82, 2.24) is 0 Å². The summed E-state index contributed by atoms with van der Waals surface area (Å²) in [5.41, 5.74) is 0.225. The third kappa shape index (κ3) is 3.39. The van der Waals surface area contributed by atoms with Crippen molar-refractivity contribution in [2.45, 2.75) is 18.9 Å². The van der Waals surface area contributed by atoms with Crippen LogP contribution in [0.1, 0.15) is 18.9 Å². The summed E-state index contributed by atoms with van der Waals surface area (Å²) in [7, 11) is 0. The summed E-state index contributed by atoms with van der Waals surface area (Å²) in [4.78, 5) is 11.9. The Morgan fingerprint density at radius 3 is 2.48 bits per heavy atom. The summed E-state index contributed by atoms with van der Waals surface area (Å²) < 4.78 is 0.844. The highest BCUT2D eigenvalue weighted by molar-refractivity contribution is 9.10. The Bertz CT molecular complexity index is 645. The van der Waals surface area contributed by atoms with Crippen molar-refractivity contribution in [3.8, 4) is 0 Å². The average molecular weight is 369 g/mol. The molecule has 0 aromatic heterocycles. The molecule has 0 saturated heterocycles. The second-order valence-electron chi connectivity index (χ2n) is 4.71. The standard InChI is InChI=1S/C16H15BrClNO2/c1-2-16(15(20)21,11-4-3-5-12(17)10-11)19-14-8-6-13(18)7-9-14/h3-10,19H,2H2,1H3,(H,20,21). The number of benzene rings is 2. The highest BCUT2D eigenvalue weighted by Crippen LogP contribution is 2.32. The lowest BCUT2D eigenvalue weighted by atomic mass is 9.87. The first-order valence-electron chi connectivity index (χ1n) is 6.51. The minimum absolute atomic E-state index is 0.404. The van der Waals surface area contributed by atoms with Gasteiger partial charge in [-0.25, -0.2) is 4.79 Å². The van der Waals surface area contributed by atoms with E-state index in [0.717, 1.165) is 4.47 Å². The summed E-state index contributed by atoms with van der Waals surface area (Å²) in [6, 6.07) is 14.3. The van der Waals surface area contributed by atoms with Crippen LogP contribution in [0.2, 0.25) is 5.02 Å². The lowest BCUT2D eigenvalue weighted by Crippen LogP contribution is -2.43. The second kappa shape index (κ2) is 6.50. The van der Waals surface area contributed by atoms with Gasteiger partial charge >= 0.3 is 5.97 Å². The normalized spacial score (nSPS) is 13.5. The molecule has 0 heterocycles. The van der Waals surface area contributed by atoms with E-state index < -0.39 is 11.5 Å². The lowest BCUT2D eigenvalue weighted by molar-refractivity contribution is -0.142. The van der Waals surface area contributed by atoms with Gasteiger partial charge in [0.15, 0.2) is 5.54 Å². The predicted octanol–water partition coefficient (Wildman–Crippen LogP) is 4.90. The number of carboxylic acid groups (broad SMARTS) is 1. The highest BCUT2D eigenvalue weighted by atomic mass is 79.9. The van der Waals surface area contributed by atoms with E-state index in [1.807, 2.05) is 31.2 Å². The van der Waals surface area contributed by atoms with Gasteiger partial charge in [-0.3, -0.25) is 0 Å². The number of carboxylic acids is 1. The Morgan fingerprint density at radius 1 is 1.29 bits per heavy atom. The van der Waals surface area contributed by atoms with E-state index in [2.05, 4.69) is 21.2 Å². The minimum Gasteiger partial charge on any atom is -0.479 e. The summed E-state index contributed by atoms with van der Waals surface area (Å²) in [6.07, 6.45) is 0.404. The molecule has 0 aliphatic heterocycles. The van der Waals surface area contributed by atoms with Gasteiger partial charge in [0.25, 0.3) is 0 Å². The number of carbonyl (C=O) groups is 1. The maximum atomic E-state index is 11.9. The zero-order chi connectivity index (χ0) is 15.5. The first kappa shape index (κ1) is 15.9. The molecule has 0 spiro atoms. The van der Waals surface area contributed by atoms with Gasteiger partial charge in [0, 0.05) is 15.2 Å². The number of aliphatic carboxylic acids is 1. The average Bonchev–Trinajstić information content (AvgIpc) is 2.46. The van der Waals surface area contributed by atoms with E-state index in [9.17, 15) is 9.90 Å². The second-order valence-corrected chi connectivity index (χ2v) is 6.06. The lowest BCUT2D eigenvalue weighted by Gasteiger charge is -2.31. The maximum absolute atomic E-state index is 11.9. The molecule has 1 atom stereocenters. The molecule has 110 valence electrons. The monoisotopic (exact) mass is 367 g/mol. The molecule has 5 heteroatoms. The van der Waals surface area contributed by atoms with Crippen molar-refractivity contribution < 1.29 is 9.90 Å². The van der Waals surface area contributed by atoms with Gasteiger partial charge in [-0.1, -0.05) is 46.6 Å². The predicted molar refractivity (Wildman–Crippen MR) is 88.8 cm³/mol. The van der Waals surface area contributed by atoms with Crippen LogP contribution in [0.4, 0.5) is 5.69 Å². The van der Waals surface area contributed by atoms with Crippen molar-refractivity contribution in [1.29, 1.82) is 0 Å². The molecular weight excluding hydrogens is 354 g/mol. The molecule has 0 aliphatic rings. The van der Waals surface area contributed by atoms with Crippen LogP contribution in [0, 0.1) is 0 Å². The summed E-state index contributed by atoms with van der Waals surface area (Å²) in [6.45, 7) is 1.85. The first-order valence-corrected chi connectivity index (χ1v) is 7.68. The van der Waals surface area contributed by atoms with Gasteiger partial charge in [-0.15, -0.1) is 0 Å². The van der Waals surface area contributed by atoms with Gasteiger partial charge in [-0.2, -0.15) is 0 Å². The van der Waals surface area contributed by atoms with E-state index in [1.165, 1.54) is 0 Å². The molecule has 21 heavy (non-hydrogen) atoms. The third-order valence-electron chi connectivity index (χ3n) is 3.41. The van der Waals surface area contributed by atoms with E-state index in [4.69, 9.17) is 11.6 Å². The van der Waals surface area contributed by atoms with Crippen LogP contribution in [0.15, 0.2) is 53.0 Å². The molecule has 1 unspecified atom stereocenters. The van der Waals surface area contributed by atoms with E-state index in [0.29, 0.717) is 22.7 Å². The van der Waals surface area contributed by atoms with Crippen LogP contribution >= 0.6 is 27.5 Å². The number of hydrogen-bond acceptors (Lipinski definition) is 2. The summed E-state index contributed by atoms with van der Waals surface area (Å²) in [5, 5.41) is 13.5. The maximum Gasteiger partial charge on any atom is 0.334 e. The number of anilines is 1. The number of rotatable bonds is 5. The van der Waals surface area contributed by atoms with Crippen molar-refractivity contribution in [2.24, 2.45) is 0 Å². The zero-order valence-electron chi connectivity index (χ0n) is 11.4. The Morgan fingerprint density at radius 2 is 1.95 bits per heavy atom. The quantitative estimate of drug-likeness (QED) is 0.789. The molecule has 0 amide bonds. The number of halogens is 2. The fourth-order valence-electron chi connectivity index (χ4n) is 2.23. The smallest absolute Gasteiger partial charge is 0.334 e. The van der Waals surface area contributed by atoms with Crippen molar-refractivity contribution in [2.75, 3.05) is 5.32 Å². The molecule has 2 N–H and O–H groups in total. The number of nitrogens with one attached hydrogen (secondary N) is 1. The highest BCUT2D eigenvalue weighted by Gasteiger charge is 2.38. The van der Waals surface area contributed by atoms with Crippen LogP contribution in [0.5, 0.6) is 0 Å². The van der Waals surface area contributed by atoms with Crippen LogP contribution < -0.4 is 5.32 Å². The van der Waals surface area contributed by atoms with Gasteiger partial charge < -0.3 is 10.4 Å². The zero-order valence-corrected chi connectivity index (χ0v) is 13.8. The van der Waals surface area contributed by atoms with Gasteiger partial charge in [0.05, 0.1) is 0 Å². The Hall–Kier alpha value is -1.52. The molecule has 2 aromatic carbocycles. The topological polar surface area (TPSA) is 49.3 Å². The van der Waals surface area contributed by atoms with Gasteiger partial charge in [-0.05, 0) is 48.4 Å². The van der Waals surface area contributed by atoms with E-state index in [1.54, 1.807) is 24.3 Å². The van der Waals surface area contributed by atoms with Crippen molar-refractivity contribution >= 4 is 39.2 Å². The third-order valence-corrected chi connectivity index (χ3v) is 4.16. The van der Waals surface area contributed by atoms with Crippen molar-refractivity contribution in [3.05, 3.63) is 63.6 Å². The minimum atomic E-state index is -1.18. The van der Waals surface area contributed by atoms with Crippen LogP contribution in [-0.4, -0.2) is 11.1 Å². The fourth-order valence-corrected chi connectivity index (χ4v) is 2.75. The molecule has 0 radical (unpaired) electrons. The SMILES string of the molecule is CCC(Nc1ccc(Cl)cc1)(C(=O)O)c1cccc(Br)c1. The van der Waals surface area contributed by atoms with Crippen LogP contribution in [-0.2, 0) is 10.3 Å². The molecular formula is C16H15BrClNO2. The van der Waals surface area contributed by atoms with Crippen molar-refractivity contribution in [3.63, 3.8) is 0 Å². The Balaban J connectivity index is 2.46. The molecule has 2 aromatic rings. The Kier molecular flexibility index (Phi) is 4.91. The fraction of sp³-hybridized carbons (Fsp3) is 0.188. The first-order chi connectivity index (χ1) is 9.98. The van der Waals surface area contributed by atoms with Gasteiger partial charge in [0.2, 0.25) is 0 Å². The Labute approximate surface area is 137 Å². The van der Waals surface area contributed by atoms with E-state index in [-0.39, 0.29) is 0 Å². The molecule has 3 nitrogen and oxygen atoms in total. The largest absolute Gasteiger partial charge is 0.479 e.